The summed E-state index contributed by atoms with van der Waals surface area (Å²) < 4.78 is 19.4. The SMILES string of the molecule is COc1cccc(F)c1C(C)NC(=O)N1CCCC(C2CCNN2)C1. The fourth-order valence-corrected chi connectivity index (χ4v) is 3.84. The van der Waals surface area contributed by atoms with Crippen LogP contribution in [-0.4, -0.2) is 43.7 Å². The maximum atomic E-state index is 14.2. The summed E-state index contributed by atoms with van der Waals surface area (Å²) in [6.07, 6.45) is 3.20. The Morgan fingerprint density at radius 1 is 1.44 bits per heavy atom. The molecular weight excluding hydrogens is 323 g/mol. The van der Waals surface area contributed by atoms with E-state index in [2.05, 4.69) is 16.2 Å². The Balaban J connectivity index is 1.63. The van der Waals surface area contributed by atoms with Gasteiger partial charge < -0.3 is 15.0 Å². The average molecular weight is 350 g/mol. The normalized spacial score (nSPS) is 24.8. The van der Waals surface area contributed by atoms with Crippen molar-refractivity contribution in [2.75, 3.05) is 26.7 Å². The van der Waals surface area contributed by atoms with E-state index >= 15 is 0 Å². The van der Waals surface area contributed by atoms with Crippen LogP contribution in [0.2, 0.25) is 0 Å². The standard InChI is InChI=1S/C18H27FN4O2/c1-12(17-14(19)6-3-7-16(17)25-2)21-18(24)23-10-4-5-13(11-23)15-8-9-20-22-15/h3,6-7,12-13,15,20,22H,4-5,8-11H2,1-2H3,(H,21,24). The summed E-state index contributed by atoms with van der Waals surface area (Å²) in [5, 5.41) is 2.92. The van der Waals surface area contributed by atoms with Crippen molar-refractivity contribution >= 4 is 6.03 Å². The van der Waals surface area contributed by atoms with Crippen LogP contribution in [-0.2, 0) is 0 Å². The number of likely N-dealkylation sites (tertiary alicyclic amines) is 1. The van der Waals surface area contributed by atoms with Crippen LogP contribution in [0.4, 0.5) is 9.18 Å². The molecule has 3 rings (SSSR count). The van der Waals surface area contributed by atoms with Crippen molar-refractivity contribution in [3.8, 4) is 5.75 Å². The first-order valence-corrected chi connectivity index (χ1v) is 8.96. The first-order valence-electron chi connectivity index (χ1n) is 8.96. The number of ether oxygens (including phenoxy) is 1. The van der Waals surface area contributed by atoms with E-state index in [1.54, 1.807) is 19.1 Å². The van der Waals surface area contributed by atoms with Crippen molar-refractivity contribution in [1.29, 1.82) is 0 Å². The average Bonchev–Trinajstić information content (AvgIpc) is 3.16. The number of rotatable bonds is 4. The van der Waals surface area contributed by atoms with Gasteiger partial charge in [0.15, 0.2) is 0 Å². The minimum atomic E-state index is -0.463. The molecular formula is C18H27FN4O2. The molecule has 25 heavy (non-hydrogen) atoms. The number of nitrogens with zero attached hydrogens (tertiary/aromatic N) is 1. The minimum absolute atomic E-state index is 0.145. The molecule has 6 nitrogen and oxygen atoms in total. The lowest BCUT2D eigenvalue weighted by Crippen LogP contribution is -2.50. The largest absolute Gasteiger partial charge is 0.496 e. The van der Waals surface area contributed by atoms with E-state index in [1.807, 2.05) is 4.90 Å². The number of carbonyl (C=O) groups excluding carboxylic acids is 1. The van der Waals surface area contributed by atoms with Crippen LogP contribution in [0, 0.1) is 11.7 Å². The van der Waals surface area contributed by atoms with Crippen LogP contribution in [0.5, 0.6) is 5.75 Å². The second kappa shape index (κ2) is 8.01. The molecule has 3 unspecified atom stereocenters. The summed E-state index contributed by atoms with van der Waals surface area (Å²) >= 11 is 0. The number of halogens is 1. The number of hydrazine groups is 1. The molecule has 2 aliphatic heterocycles. The molecule has 0 aliphatic carbocycles. The lowest BCUT2D eigenvalue weighted by atomic mass is 9.90. The van der Waals surface area contributed by atoms with E-state index in [9.17, 15) is 9.18 Å². The van der Waals surface area contributed by atoms with Gasteiger partial charge in [0, 0.05) is 25.7 Å². The Kier molecular flexibility index (Phi) is 5.75. The molecule has 7 heteroatoms. The monoisotopic (exact) mass is 350 g/mol. The molecule has 2 amide bonds. The second-order valence-electron chi connectivity index (χ2n) is 6.84. The summed E-state index contributed by atoms with van der Waals surface area (Å²) in [4.78, 5) is 14.5. The topological polar surface area (TPSA) is 65.6 Å². The molecule has 138 valence electrons. The molecule has 2 heterocycles. The lowest BCUT2D eigenvalue weighted by Gasteiger charge is -2.36. The smallest absolute Gasteiger partial charge is 0.317 e. The highest BCUT2D eigenvalue weighted by Gasteiger charge is 2.31. The van der Waals surface area contributed by atoms with Gasteiger partial charge in [-0.15, -0.1) is 0 Å². The van der Waals surface area contributed by atoms with E-state index in [1.165, 1.54) is 13.2 Å². The van der Waals surface area contributed by atoms with Gasteiger partial charge in [-0.25, -0.2) is 9.18 Å². The summed E-state index contributed by atoms with van der Waals surface area (Å²) in [6.45, 7) is 4.22. The van der Waals surface area contributed by atoms with Crippen molar-refractivity contribution in [2.24, 2.45) is 5.92 Å². The first-order chi connectivity index (χ1) is 12.1. The molecule has 2 aliphatic rings. The van der Waals surface area contributed by atoms with Crippen molar-refractivity contribution in [3.05, 3.63) is 29.6 Å². The summed E-state index contributed by atoms with van der Waals surface area (Å²) in [5.74, 6) is 0.531. The minimum Gasteiger partial charge on any atom is -0.496 e. The third kappa shape index (κ3) is 4.04. The van der Waals surface area contributed by atoms with Gasteiger partial charge in [-0.05, 0) is 44.2 Å². The van der Waals surface area contributed by atoms with Crippen LogP contribution >= 0.6 is 0 Å². The molecule has 3 N–H and O–H groups in total. The highest BCUT2D eigenvalue weighted by molar-refractivity contribution is 5.75. The molecule has 0 spiro atoms. The molecule has 2 fully saturated rings. The fraction of sp³-hybridized carbons (Fsp3) is 0.611. The van der Waals surface area contributed by atoms with Gasteiger partial charge in [-0.2, -0.15) is 0 Å². The number of hydrogen-bond donors (Lipinski definition) is 3. The van der Waals surface area contributed by atoms with Crippen molar-refractivity contribution in [3.63, 3.8) is 0 Å². The van der Waals surface area contributed by atoms with Gasteiger partial charge in [0.25, 0.3) is 0 Å². The molecule has 0 radical (unpaired) electrons. The number of benzene rings is 1. The number of methoxy groups -OCH3 is 1. The third-order valence-corrected chi connectivity index (χ3v) is 5.19. The number of urea groups is 1. The summed E-state index contributed by atoms with van der Waals surface area (Å²) in [6, 6.07) is 4.50. The van der Waals surface area contributed by atoms with Gasteiger partial charge in [-0.1, -0.05) is 6.07 Å². The fourth-order valence-electron chi connectivity index (χ4n) is 3.84. The predicted octanol–water partition coefficient (Wildman–Crippen LogP) is 2.18. The highest BCUT2D eigenvalue weighted by atomic mass is 19.1. The third-order valence-electron chi connectivity index (χ3n) is 5.19. The zero-order valence-electron chi connectivity index (χ0n) is 14.8. The van der Waals surface area contributed by atoms with Crippen LogP contribution in [0.25, 0.3) is 0 Å². The van der Waals surface area contributed by atoms with E-state index in [4.69, 9.17) is 4.74 Å². The van der Waals surface area contributed by atoms with Gasteiger partial charge in [0.05, 0.1) is 18.7 Å². The van der Waals surface area contributed by atoms with Crippen LogP contribution in [0.3, 0.4) is 0 Å². The van der Waals surface area contributed by atoms with E-state index < -0.39 is 6.04 Å². The van der Waals surface area contributed by atoms with Crippen molar-refractivity contribution in [2.45, 2.75) is 38.3 Å². The van der Waals surface area contributed by atoms with E-state index in [-0.39, 0.29) is 11.8 Å². The highest BCUT2D eigenvalue weighted by Crippen LogP contribution is 2.28. The Labute approximate surface area is 148 Å². The van der Waals surface area contributed by atoms with Crippen LogP contribution in [0.15, 0.2) is 18.2 Å². The summed E-state index contributed by atoms with van der Waals surface area (Å²) in [5.41, 5.74) is 6.85. The Morgan fingerprint density at radius 3 is 3.00 bits per heavy atom. The molecule has 1 aromatic rings. The number of carbonyl (C=O) groups is 1. The zero-order chi connectivity index (χ0) is 17.8. The van der Waals surface area contributed by atoms with Gasteiger partial charge in [-0.3, -0.25) is 10.9 Å². The Bertz CT molecular complexity index is 607. The van der Waals surface area contributed by atoms with Crippen molar-refractivity contribution in [1.82, 2.24) is 21.1 Å². The Hall–Kier alpha value is -1.86. The zero-order valence-corrected chi connectivity index (χ0v) is 14.8. The van der Waals surface area contributed by atoms with Gasteiger partial charge in [0.1, 0.15) is 11.6 Å². The molecule has 2 saturated heterocycles. The Morgan fingerprint density at radius 2 is 2.28 bits per heavy atom. The maximum absolute atomic E-state index is 14.2. The van der Waals surface area contributed by atoms with Crippen LogP contribution < -0.4 is 20.9 Å². The van der Waals surface area contributed by atoms with Crippen LogP contribution in [0.1, 0.15) is 37.8 Å². The second-order valence-corrected chi connectivity index (χ2v) is 6.84. The molecule has 3 atom stereocenters. The number of amides is 2. The molecule has 0 aromatic heterocycles. The number of piperidine rings is 1. The number of nitrogens with one attached hydrogen (secondary N) is 3. The van der Waals surface area contributed by atoms with E-state index in [0.29, 0.717) is 23.3 Å². The molecule has 0 bridgehead atoms. The summed E-state index contributed by atoms with van der Waals surface area (Å²) in [7, 11) is 1.50. The predicted molar refractivity (Wildman–Crippen MR) is 93.7 cm³/mol. The quantitative estimate of drug-likeness (QED) is 0.779. The van der Waals surface area contributed by atoms with E-state index in [0.717, 1.165) is 38.9 Å². The van der Waals surface area contributed by atoms with Gasteiger partial charge >= 0.3 is 6.03 Å². The molecule has 1 aromatic carbocycles. The van der Waals surface area contributed by atoms with Crippen molar-refractivity contribution < 1.29 is 13.9 Å². The maximum Gasteiger partial charge on any atom is 0.317 e. The number of hydrogen-bond acceptors (Lipinski definition) is 4. The lowest BCUT2D eigenvalue weighted by molar-refractivity contribution is 0.149. The first kappa shape index (κ1) is 17.9. The van der Waals surface area contributed by atoms with Gasteiger partial charge in [0.2, 0.25) is 0 Å². The molecule has 0 saturated carbocycles.